The Labute approximate surface area is 134 Å². The molecular formula is C13H17ClN2O3S2. The molecule has 0 aromatic heterocycles. The molecule has 0 heterocycles. The number of sulfonamides is 1. The smallest absolute Gasteiger partial charge is 0.244 e. The number of nitrogens with zero attached hydrogens (tertiary/aromatic N) is 1. The van der Waals surface area contributed by atoms with Crippen molar-refractivity contribution in [2.75, 3.05) is 13.2 Å². The van der Waals surface area contributed by atoms with Gasteiger partial charge in [0.15, 0.2) is 0 Å². The minimum atomic E-state index is -3.74. The van der Waals surface area contributed by atoms with Gasteiger partial charge in [0.25, 0.3) is 0 Å². The molecule has 0 spiro atoms. The van der Waals surface area contributed by atoms with Crippen molar-refractivity contribution in [3.05, 3.63) is 28.8 Å². The van der Waals surface area contributed by atoms with E-state index in [1.807, 2.05) is 0 Å². The lowest BCUT2D eigenvalue weighted by Crippen LogP contribution is -2.45. The predicted octanol–water partition coefficient (Wildman–Crippen LogP) is 1.51. The van der Waals surface area contributed by atoms with Crippen LogP contribution in [0.5, 0.6) is 0 Å². The fourth-order valence-corrected chi connectivity index (χ4v) is 4.59. The number of aliphatic hydroxyl groups is 1. The second kappa shape index (κ2) is 6.58. The van der Waals surface area contributed by atoms with E-state index in [4.69, 9.17) is 34.7 Å². The lowest BCUT2D eigenvalue weighted by molar-refractivity contribution is 0.178. The van der Waals surface area contributed by atoms with E-state index >= 15 is 0 Å². The van der Waals surface area contributed by atoms with E-state index in [-0.39, 0.29) is 34.1 Å². The molecule has 1 aliphatic rings. The molecule has 116 valence electrons. The predicted molar refractivity (Wildman–Crippen MR) is 86.0 cm³/mol. The van der Waals surface area contributed by atoms with Crippen molar-refractivity contribution in [3.8, 4) is 0 Å². The molecule has 0 aliphatic heterocycles. The van der Waals surface area contributed by atoms with Gasteiger partial charge in [-0.05, 0) is 25.0 Å². The molecule has 8 heteroatoms. The van der Waals surface area contributed by atoms with Crippen LogP contribution in [0.15, 0.2) is 23.1 Å². The van der Waals surface area contributed by atoms with Crippen molar-refractivity contribution in [2.24, 2.45) is 5.73 Å². The van der Waals surface area contributed by atoms with Gasteiger partial charge in [-0.2, -0.15) is 4.31 Å². The van der Waals surface area contributed by atoms with Gasteiger partial charge >= 0.3 is 0 Å². The first-order chi connectivity index (χ1) is 9.87. The number of benzene rings is 1. The topological polar surface area (TPSA) is 83.6 Å². The zero-order chi connectivity index (χ0) is 15.6. The molecule has 0 bridgehead atoms. The van der Waals surface area contributed by atoms with E-state index in [0.717, 1.165) is 19.3 Å². The maximum Gasteiger partial charge on any atom is 0.244 e. The Morgan fingerprint density at radius 1 is 1.48 bits per heavy atom. The van der Waals surface area contributed by atoms with Crippen LogP contribution in [-0.2, 0) is 10.0 Å². The Morgan fingerprint density at radius 3 is 2.57 bits per heavy atom. The highest BCUT2D eigenvalue weighted by molar-refractivity contribution is 7.89. The monoisotopic (exact) mass is 348 g/mol. The SMILES string of the molecule is NC(=S)c1ccc(S(=O)(=O)N(CCO)C2CCC2)c(Cl)c1. The molecule has 0 amide bonds. The van der Waals surface area contributed by atoms with Crippen molar-refractivity contribution < 1.29 is 13.5 Å². The van der Waals surface area contributed by atoms with Gasteiger partial charge in [0.1, 0.15) is 9.88 Å². The van der Waals surface area contributed by atoms with Crippen molar-refractivity contribution in [1.82, 2.24) is 4.31 Å². The van der Waals surface area contributed by atoms with Gasteiger partial charge in [0, 0.05) is 18.2 Å². The molecule has 0 unspecified atom stereocenters. The van der Waals surface area contributed by atoms with Gasteiger partial charge in [0.2, 0.25) is 10.0 Å². The minimum Gasteiger partial charge on any atom is -0.395 e. The standard InChI is InChI=1S/C13H17ClN2O3S2/c14-11-8-9(13(15)20)4-5-12(11)21(18,19)16(6-7-17)10-2-1-3-10/h4-5,8,10,17H,1-3,6-7H2,(H2,15,20). The number of nitrogens with two attached hydrogens (primary N) is 1. The second-order valence-electron chi connectivity index (χ2n) is 4.93. The van der Waals surface area contributed by atoms with Gasteiger partial charge in [-0.3, -0.25) is 0 Å². The third kappa shape index (κ3) is 3.37. The van der Waals surface area contributed by atoms with Crippen LogP contribution in [0, 0.1) is 0 Å². The van der Waals surface area contributed by atoms with E-state index < -0.39 is 10.0 Å². The highest BCUT2D eigenvalue weighted by atomic mass is 35.5. The summed E-state index contributed by atoms with van der Waals surface area (Å²) in [5, 5.41) is 9.21. The Balaban J connectivity index is 2.39. The summed E-state index contributed by atoms with van der Waals surface area (Å²) >= 11 is 10.9. The molecular weight excluding hydrogens is 332 g/mol. The van der Waals surface area contributed by atoms with Gasteiger partial charge in [-0.1, -0.05) is 36.3 Å². The van der Waals surface area contributed by atoms with Gasteiger partial charge in [0.05, 0.1) is 11.6 Å². The molecule has 2 rings (SSSR count). The number of hydrogen-bond acceptors (Lipinski definition) is 4. The fourth-order valence-electron chi connectivity index (χ4n) is 2.26. The van der Waals surface area contributed by atoms with Gasteiger partial charge in [-0.25, -0.2) is 8.42 Å². The van der Waals surface area contributed by atoms with E-state index in [2.05, 4.69) is 0 Å². The van der Waals surface area contributed by atoms with Crippen LogP contribution >= 0.6 is 23.8 Å². The second-order valence-corrected chi connectivity index (χ2v) is 7.64. The molecule has 0 saturated heterocycles. The lowest BCUT2D eigenvalue weighted by atomic mass is 9.93. The molecule has 1 aliphatic carbocycles. The van der Waals surface area contributed by atoms with Crippen LogP contribution in [0.25, 0.3) is 0 Å². The summed E-state index contributed by atoms with van der Waals surface area (Å²) in [6.45, 7) is -0.154. The molecule has 1 fully saturated rings. The minimum absolute atomic E-state index is 0.0181. The van der Waals surface area contributed by atoms with E-state index in [9.17, 15) is 8.42 Å². The summed E-state index contributed by atoms with van der Waals surface area (Å²) in [5.41, 5.74) is 6.03. The summed E-state index contributed by atoms with van der Waals surface area (Å²) in [5.74, 6) is 0. The van der Waals surface area contributed by atoms with E-state index in [1.165, 1.54) is 16.4 Å². The number of halogens is 1. The molecule has 3 N–H and O–H groups in total. The quantitative estimate of drug-likeness (QED) is 0.761. The van der Waals surface area contributed by atoms with Crippen LogP contribution in [0.1, 0.15) is 24.8 Å². The maximum atomic E-state index is 12.7. The summed E-state index contributed by atoms with van der Waals surface area (Å²) in [6.07, 6.45) is 2.61. The summed E-state index contributed by atoms with van der Waals surface area (Å²) in [6, 6.07) is 4.34. The Kier molecular flexibility index (Phi) is 5.21. The Morgan fingerprint density at radius 2 is 2.14 bits per heavy atom. The first kappa shape index (κ1) is 16.6. The van der Waals surface area contributed by atoms with Crippen LogP contribution in [0.4, 0.5) is 0 Å². The Bertz CT molecular complexity index is 645. The molecule has 0 radical (unpaired) electrons. The highest BCUT2D eigenvalue weighted by Crippen LogP contribution is 2.32. The van der Waals surface area contributed by atoms with Crippen molar-refractivity contribution in [1.29, 1.82) is 0 Å². The van der Waals surface area contributed by atoms with Crippen molar-refractivity contribution in [2.45, 2.75) is 30.2 Å². The fraction of sp³-hybridized carbons (Fsp3) is 0.462. The maximum absolute atomic E-state index is 12.7. The normalized spacial score (nSPS) is 16.0. The highest BCUT2D eigenvalue weighted by Gasteiger charge is 2.35. The van der Waals surface area contributed by atoms with Crippen molar-refractivity contribution >= 4 is 38.8 Å². The van der Waals surface area contributed by atoms with Crippen molar-refractivity contribution in [3.63, 3.8) is 0 Å². The largest absolute Gasteiger partial charge is 0.395 e. The Hall–Kier alpha value is -0.730. The molecule has 1 aromatic carbocycles. The first-order valence-corrected chi connectivity index (χ1v) is 8.82. The molecule has 0 atom stereocenters. The average Bonchev–Trinajstić information content (AvgIpc) is 2.35. The van der Waals surface area contributed by atoms with E-state index in [0.29, 0.717) is 5.56 Å². The summed E-state index contributed by atoms with van der Waals surface area (Å²) in [7, 11) is -3.74. The molecule has 1 saturated carbocycles. The van der Waals surface area contributed by atoms with Crippen LogP contribution < -0.4 is 5.73 Å². The number of hydrogen-bond donors (Lipinski definition) is 2. The number of thiocarbonyl (C=S) groups is 1. The van der Waals surface area contributed by atoms with Crippen LogP contribution in [0.2, 0.25) is 5.02 Å². The third-order valence-electron chi connectivity index (χ3n) is 3.61. The van der Waals surface area contributed by atoms with Gasteiger partial charge in [-0.15, -0.1) is 0 Å². The lowest BCUT2D eigenvalue weighted by Gasteiger charge is -2.36. The molecule has 5 nitrogen and oxygen atoms in total. The zero-order valence-corrected chi connectivity index (χ0v) is 13.7. The van der Waals surface area contributed by atoms with E-state index in [1.54, 1.807) is 6.07 Å². The third-order valence-corrected chi connectivity index (χ3v) is 6.28. The van der Waals surface area contributed by atoms with Gasteiger partial charge < -0.3 is 10.8 Å². The van der Waals surface area contributed by atoms with Crippen LogP contribution in [0.3, 0.4) is 0 Å². The summed E-state index contributed by atoms with van der Waals surface area (Å²) < 4.78 is 26.8. The molecule has 1 aromatic rings. The molecule has 21 heavy (non-hydrogen) atoms. The first-order valence-electron chi connectivity index (χ1n) is 6.60. The average molecular weight is 349 g/mol. The summed E-state index contributed by atoms with van der Waals surface area (Å²) in [4.78, 5) is 0.177. The number of aliphatic hydroxyl groups excluding tert-OH is 1. The zero-order valence-electron chi connectivity index (χ0n) is 11.3. The number of rotatable bonds is 6. The van der Waals surface area contributed by atoms with Crippen LogP contribution in [-0.4, -0.2) is 42.0 Å².